The lowest BCUT2D eigenvalue weighted by atomic mass is 10.3. The Balaban J connectivity index is 3.04. The van der Waals surface area contributed by atoms with Gasteiger partial charge in [-0.25, -0.2) is 0 Å². The van der Waals surface area contributed by atoms with Crippen molar-refractivity contribution in [1.82, 2.24) is 0 Å². The Morgan fingerprint density at radius 3 is 2.67 bits per heavy atom. The molecule has 0 heterocycles. The first-order valence-corrected chi connectivity index (χ1v) is 5.71. The molecule has 3 heteroatoms. The summed E-state index contributed by atoms with van der Waals surface area (Å²) in [7, 11) is -0.324. The summed E-state index contributed by atoms with van der Waals surface area (Å²) in [6.45, 7) is 2.16. The van der Waals surface area contributed by atoms with E-state index < -0.39 is 0 Å². The van der Waals surface area contributed by atoms with Crippen LogP contribution in [0.3, 0.4) is 0 Å². The number of unbranched alkanes of at least 4 members (excludes halogenated alkanes) is 1. The highest BCUT2D eigenvalue weighted by atomic mass is 35.5. The molecule has 0 spiro atoms. The van der Waals surface area contributed by atoms with Crippen molar-refractivity contribution in [3.63, 3.8) is 0 Å². The van der Waals surface area contributed by atoms with Crippen LogP contribution in [-0.2, 0) is 0 Å². The lowest BCUT2D eigenvalue weighted by Gasteiger charge is -1.89. The van der Waals surface area contributed by atoms with Gasteiger partial charge >= 0.3 is 0 Å². The molecular formula is C6H12Cl2Si. The van der Waals surface area contributed by atoms with Crippen LogP contribution < -0.4 is 0 Å². The Morgan fingerprint density at radius 1 is 1.56 bits per heavy atom. The second-order valence-corrected chi connectivity index (χ2v) is 5.96. The van der Waals surface area contributed by atoms with Gasteiger partial charge in [-0.2, -0.15) is 0 Å². The lowest BCUT2D eigenvalue weighted by molar-refractivity contribution is 0.960. The molecule has 0 saturated carbocycles. The van der Waals surface area contributed by atoms with Gasteiger partial charge in [0.1, 0.15) is 0 Å². The monoisotopic (exact) mass is 182 g/mol. The minimum atomic E-state index is -0.324. The minimum Gasteiger partial charge on any atom is -0.110 e. The Labute approximate surface area is 69.1 Å². The molecule has 54 valence electrons. The molecule has 0 saturated heterocycles. The van der Waals surface area contributed by atoms with Crippen molar-refractivity contribution in [2.75, 3.05) is 0 Å². The summed E-state index contributed by atoms with van der Waals surface area (Å²) >= 11 is 11.1. The van der Waals surface area contributed by atoms with E-state index in [9.17, 15) is 0 Å². The van der Waals surface area contributed by atoms with E-state index in [0.29, 0.717) is 0 Å². The Morgan fingerprint density at radius 2 is 2.22 bits per heavy atom. The van der Waals surface area contributed by atoms with Crippen molar-refractivity contribution >= 4 is 32.7 Å². The van der Waals surface area contributed by atoms with Gasteiger partial charge in [-0.15, -0.1) is 28.9 Å². The molecule has 0 aromatic carbocycles. The third kappa shape index (κ3) is 8.54. The predicted molar refractivity (Wildman–Crippen MR) is 48.1 cm³/mol. The minimum absolute atomic E-state index is 0.0990. The Hall–Kier alpha value is 0.537. The summed E-state index contributed by atoms with van der Waals surface area (Å²) in [5.74, 6) is 0. The van der Waals surface area contributed by atoms with E-state index in [1.807, 2.05) is 0 Å². The number of allylic oxidation sites excluding steroid dienone is 1. The molecule has 0 atom stereocenters. The van der Waals surface area contributed by atoms with Gasteiger partial charge < -0.3 is 0 Å². The SMILES string of the molecule is CCCC=C[SiH2]C(Cl)Cl. The van der Waals surface area contributed by atoms with Gasteiger partial charge in [0.05, 0.1) is 14.0 Å². The summed E-state index contributed by atoms with van der Waals surface area (Å²) in [5.41, 5.74) is 2.16. The van der Waals surface area contributed by atoms with Crippen molar-refractivity contribution in [2.24, 2.45) is 0 Å². The molecule has 0 nitrogen and oxygen atoms in total. The maximum atomic E-state index is 5.53. The predicted octanol–water partition coefficient (Wildman–Crippen LogP) is 2.23. The van der Waals surface area contributed by atoms with E-state index in [-0.39, 0.29) is 14.0 Å². The third-order valence-electron chi connectivity index (χ3n) is 0.936. The molecule has 0 bridgehead atoms. The molecule has 0 rings (SSSR count). The van der Waals surface area contributed by atoms with Crippen molar-refractivity contribution in [1.29, 1.82) is 0 Å². The first-order chi connectivity index (χ1) is 4.27. The fourth-order valence-electron chi connectivity index (χ4n) is 0.484. The summed E-state index contributed by atoms with van der Waals surface area (Å²) in [5, 5.41) is 0. The van der Waals surface area contributed by atoms with Gasteiger partial charge in [0.15, 0.2) is 0 Å². The highest BCUT2D eigenvalue weighted by Gasteiger charge is 1.92. The molecule has 0 amide bonds. The molecule has 0 N–H and O–H groups in total. The molecular weight excluding hydrogens is 171 g/mol. The lowest BCUT2D eigenvalue weighted by Crippen LogP contribution is -1.95. The summed E-state index contributed by atoms with van der Waals surface area (Å²) in [6.07, 6.45) is 4.54. The summed E-state index contributed by atoms with van der Waals surface area (Å²) < 4.78 is -0.0990. The van der Waals surface area contributed by atoms with Crippen LogP contribution in [0.2, 0.25) is 0 Å². The van der Waals surface area contributed by atoms with Gasteiger partial charge in [0.25, 0.3) is 0 Å². The van der Waals surface area contributed by atoms with E-state index >= 15 is 0 Å². The average molecular weight is 183 g/mol. The Kier molecular flexibility index (Phi) is 7.05. The van der Waals surface area contributed by atoms with Gasteiger partial charge in [-0.3, -0.25) is 0 Å². The van der Waals surface area contributed by atoms with E-state index in [0.717, 1.165) is 6.42 Å². The third-order valence-corrected chi connectivity index (χ3v) is 2.97. The first-order valence-electron chi connectivity index (χ1n) is 3.20. The second kappa shape index (κ2) is 6.65. The van der Waals surface area contributed by atoms with Crippen LogP contribution in [0.25, 0.3) is 0 Å². The number of hydrogen-bond acceptors (Lipinski definition) is 0. The molecule has 0 aliphatic heterocycles. The Bertz CT molecular complexity index is 81.1. The first kappa shape index (κ1) is 9.54. The molecule has 0 radical (unpaired) electrons. The van der Waals surface area contributed by atoms with Crippen molar-refractivity contribution in [2.45, 2.75) is 24.2 Å². The highest BCUT2D eigenvalue weighted by Crippen LogP contribution is 1.99. The van der Waals surface area contributed by atoms with Crippen LogP contribution >= 0.6 is 23.2 Å². The van der Waals surface area contributed by atoms with Crippen LogP contribution in [0.1, 0.15) is 19.8 Å². The van der Waals surface area contributed by atoms with Crippen LogP contribution in [-0.4, -0.2) is 14.0 Å². The van der Waals surface area contributed by atoms with Gasteiger partial charge in [-0.05, 0) is 6.42 Å². The van der Waals surface area contributed by atoms with Crippen LogP contribution in [0, 0.1) is 0 Å². The van der Waals surface area contributed by atoms with Crippen LogP contribution in [0.15, 0.2) is 11.8 Å². The molecule has 0 aliphatic rings. The molecule has 9 heavy (non-hydrogen) atoms. The van der Waals surface area contributed by atoms with Crippen LogP contribution in [0.5, 0.6) is 0 Å². The van der Waals surface area contributed by atoms with Crippen molar-refractivity contribution < 1.29 is 0 Å². The van der Waals surface area contributed by atoms with Crippen LogP contribution in [0.4, 0.5) is 0 Å². The zero-order valence-corrected chi connectivity index (χ0v) is 8.54. The van der Waals surface area contributed by atoms with E-state index in [4.69, 9.17) is 23.2 Å². The quantitative estimate of drug-likeness (QED) is 0.463. The normalized spacial score (nSPS) is 12.9. The van der Waals surface area contributed by atoms with E-state index in [2.05, 4.69) is 18.7 Å². The number of rotatable bonds is 4. The molecule has 0 aromatic rings. The van der Waals surface area contributed by atoms with E-state index in [1.54, 1.807) is 0 Å². The van der Waals surface area contributed by atoms with Gasteiger partial charge in [0.2, 0.25) is 0 Å². The van der Waals surface area contributed by atoms with E-state index in [1.165, 1.54) is 6.42 Å². The summed E-state index contributed by atoms with van der Waals surface area (Å²) in [6, 6.07) is 0. The van der Waals surface area contributed by atoms with Crippen molar-refractivity contribution in [3.8, 4) is 0 Å². The summed E-state index contributed by atoms with van der Waals surface area (Å²) in [4.78, 5) is 0. The molecule has 0 fully saturated rings. The largest absolute Gasteiger partial charge is 0.110 e. The number of hydrogen-bond donors (Lipinski definition) is 0. The molecule has 0 aromatic heterocycles. The second-order valence-electron chi connectivity index (χ2n) is 1.89. The zero-order chi connectivity index (χ0) is 7.11. The fourth-order valence-corrected chi connectivity index (χ4v) is 1.73. The molecule has 0 aliphatic carbocycles. The fraction of sp³-hybridized carbons (Fsp3) is 0.667. The molecule has 0 unspecified atom stereocenters. The number of halogens is 2. The van der Waals surface area contributed by atoms with Gasteiger partial charge in [0, 0.05) is 0 Å². The maximum Gasteiger partial charge on any atom is 0.0949 e. The topological polar surface area (TPSA) is 0 Å². The van der Waals surface area contributed by atoms with Gasteiger partial charge in [-0.1, -0.05) is 19.4 Å². The smallest absolute Gasteiger partial charge is 0.0949 e. The standard InChI is InChI=1S/C6H12Cl2Si/c1-2-3-4-5-9-6(7)8/h4-6H,2-3,9H2,1H3. The maximum absolute atomic E-state index is 5.53. The van der Waals surface area contributed by atoms with Crippen molar-refractivity contribution in [3.05, 3.63) is 11.8 Å². The highest BCUT2D eigenvalue weighted by molar-refractivity contribution is 6.71. The average Bonchev–Trinajstić information content (AvgIpc) is 1.80. The number of alkyl halides is 2. The zero-order valence-electron chi connectivity index (χ0n) is 5.61.